The molecule has 0 aromatic rings. The van der Waals surface area contributed by atoms with Crippen LogP contribution in [0.25, 0.3) is 0 Å². The Labute approximate surface area is 125 Å². The van der Waals surface area contributed by atoms with E-state index in [1.165, 1.54) is 38.5 Å². The molecule has 0 radical (unpaired) electrons. The zero-order valence-corrected chi connectivity index (χ0v) is 13.8. The van der Waals surface area contributed by atoms with E-state index in [9.17, 15) is 0 Å². The van der Waals surface area contributed by atoms with E-state index in [2.05, 4.69) is 19.2 Å². The summed E-state index contributed by atoms with van der Waals surface area (Å²) in [6.07, 6.45) is 8.08. The normalized spacial score (nSPS) is 18.0. The highest BCUT2D eigenvalue weighted by molar-refractivity contribution is 4.77. The molecular formula is C17H35NO2. The molecule has 1 fully saturated rings. The summed E-state index contributed by atoms with van der Waals surface area (Å²) in [5.74, 6) is 2.45. The third-order valence-electron chi connectivity index (χ3n) is 4.43. The van der Waals surface area contributed by atoms with Crippen molar-refractivity contribution in [3.63, 3.8) is 0 Å². The van der Waals surface area contributed by atoms with Crippen LogP contribution in [-0.2, 0) is 9.47 Å². The van der Waals surface area contributed by atoms with Crippen molar-refractivity contribution >= 4 is 0 Å². The lowest BCUT2D eigenvalue weighted by atomic mass is 9.88. The second-order valence-electron chi connectivity index (χ2n) is 6.59. The van der Waals surface area contributed by atoms with E-state index in [0.29, 0.717) is 0 Å². The fourth-order valence-electron chi connectivity index (χ4n) is 3.05. The minimum absolute atomic E-state index is 0.747. The van der Waals surface area contributed by atoms with E-state index >= 15 is 0 Å². The van der Waals surface area contributed by atoms with Gasteiger partial charge in [0.1, 0.15) is 0 Å². The van der Waals surface area contributed by atoms with E-state index in [0.717, 1.165) is 50.7 Å². The van der Waals surface area contributed by atoms with Gasteiger partial charge in [0.05, 0.1) is 6.61 Å². The number of nitrogens with one attached hydrogen (secondary N) is 1. The second-order valence-corrected chi connectivity index (χ2v) is 6.59. The predicted octanol–water partition coefficient (Wildman–Crippen LogP) is 3.48. The molecule has 0 heterocycles. The highest BCUT2D eigenvalue weighted by atomic mass is 16.5. The average molecular weight is 285 g/mol. The van der Waals surface area contributed by atoms with Gasteiger partial charge in [-0.2, -0.15) is 0 Å². The molecule has 1 rings (SSSR count). The Hall–Kier alpha value is -0.120. The van der Waals surface area contributed by atoms with Crippen molar-refractivity contribution < 1.29 is 9.47 Å². The molecule has 20 heavy (non-hydrogen) atoms. The van der Waals surface area contributed by atoms with Crippen molar-refractivity contribution in [3.05, 3.63) is 0 Å². The fraction of sp³-hybridized carbons (Fsp3) is 1.00. The first kappa shape index (κ1) is 17.9. The minimum Gasteiger partial charge on any atom is -0.383 e. The topological polar surface area (TPSA) is 30.5 Å². The van der Waals surface area contributed by atoms with Crippen LogP contribution in [-0.4, -0.2) is 40.0 Å². The number of rotatable bonds is 12. The lowest BCUT2D eigenvalue weighted by molar-refractivity contribution is 0.101. The first-order valence-electron chi connectivity index (χ1n) is 8.51. The summed E-state index contributed by atoms with van der Waals surface area (Å²) in [4.78, 5) is 0. The molecule has 0 saturated heterocycles. The van der Waals surface area contributed by atoms with Crippen LogP contribution in [0.5, 0.6) is 0 Å². The molecule has 1 saturated carbocycles. The summed E-state index contributed by atoms with van der Waals surface area (Å²) in [6.45, 7) is 9.26. The van der Waals surface area contributed by atoms with Gasteiger partial charge in [0.2, 0.25) is 0 Å². The summed E-state index contributed by atoms with van der Waals surface area (Å²) >= 11 is 0. The molecule has 3 heteroatoms. The van der Waals surface area contributed by atoms with E-state index in [-0.39, 0.29) is 0 Å². The van der Waals surface area contributed by atoms with Crippen LogP contribution in [0.3, 0.4) is 0 Å². The van der Waals surface area contributed by atoms with Gasteiger partial charge in [0.15, 0.2) is 0 Å². The van der Waals surface area contributed by atoms with Crippen molar-refractivity contribution in [2.24, 2.45) is 17.8 Å². The van der Waals surface area contributed by atoms with Crippen molar-refractivity contribution in [2.45, 2.75) is 52.4 Å². The summed E-state index contributed by atoms with van der Waals surface area (Å²) < 4.78 is 10.9. The molecule has 1 unspecified atom stereocenters. The summed E-state index contributed by atoms with van der Waals surface area (Å²) in [7, 11) is 1.76. The Morgan fingerprint density at radius 2 is 1.75 bits per heavy atom. The largest absolute Gasteiger partial charge is 0.383 e. The molecule has 3 nitrogen and oxygen atoms in total. The maximum atomic E-state index is 5.81. The summed E-state index contributed by atoms with van der Waals surface area (Å²) in [5, 5.41) is 3.54. The van der Waals surface area contributed by atoms with Gasteiger partial charge in [-0.05, 0) is 37.1 Å². The van der Waals surface area contributed by atoms with Crippen LogP contribution < -0.4 is 5.32 Å². The number of ether oxygens (including phenoxy) is 2. The Bertz CT molecular complexity index is 215. The Kier molecular flexibility index (Phi) is 10.3. The van der Waals surface area contributed by atoms with Crippen LogP contribution >= 0.6 is 0 Å². The van der Waals surface area contributed by atoms with Gasteiger partial charge in [-0.1, -0.05) is 39.5 Å². The van der Waals surface area contributed by atoms with Crippen LogP contribution in [0.15, 0.2) is 0 Å². The molecule has 1 N–H and O–H groups in total. The van der Waals surface area contributed by atoms with E-state index in [4.69, 9.17) is 9.47 Å². The Morgan fingerprint density at radius 1 is 1.05 bits per heavy atom. The van der Waals surface area contributed by atoms with Crippen molar-refractivity contribution in [1.29, 1.82) is 0 Å². The molecule has 0 aliphatic heterocycles. The smallest absolute Gasteiger partial charge is 0.0587 e. The molecular weight excluding hydrogens is 250 g/mol. The average Bonchev–Trinajstić information content (AvgIpc) is 2.94. The van der Waals surface area contributed by atoms with Gasteiger partial charge in [-0.25, -0.2) is 0 Å². The van der Waals surface area contributed by atoms with Crippen molar-refractivity contribution in [1.82, 2.24) is 5.32 Å². The number of methoxy groups -OCH3 is 1. The van der Waals surface area contributed by atoms with Crippen LogP contribution in [0.2, 0.25) is 0 Å². The molecule has 0 aromatic carbocycles. The molecule has 0 amide bonds. The predicted molar refractivity (Wildman–Crippen MR) is 85.1 cm³/mol. The van der Waals surface area contributed by atoms with Crippen LogP contribution in [0, 0.1) is 17.8 Å². The maximum absolute atomic E-state index is 5.81. The molecule has 1 atom stereocenters. The molecule has 120 valence electrons. The van der Waals surface area contributed by atoms with E-state index in [1.54, 1.807) is 7.11 Å². The fourth-order valence-corrected chi connectivity index (χ4v) is 3.05. The van der Waals surface area contributed by atoms with Gasteiger partial charge in [0, 0.05) is 26.9 Å². The Balaban J connectivity index is 2.16. The standard InChI is InChI=1S/C17H35NO2/c1-15(2)8-11-20-12-9-17(14-18-10-13-19-3)16-6-4-5-7-16/h15-18H,4-14H2,1-3H3. The van der Waals surface area contributed by atoms with Gasteiger partial charge in [-0.3, -0.25) is 0 Å². The summed E-state index contributed by atoms with van der Waals surface area (Å²) in [5.41, 5.74) is 0. The highest BCUT2D eigenvalue weighted by Gasteiger charge is 2.24. The van der Waals surface area contributed by atoms with E-state index < -0.39 is 0 Å². The zero-order chi connectivity index (χ0) is 14.6. The molecule has 0 spiro atoms. The maximum Gasteiger partial charge on any atom is 0.0587 e. The molecule has 1 aliphatic rings. The summed E-state index contributed by atoms with van der Waals surface area (Å²) in [6, 6.07) is 0. The molecule has 0 bridgehead atoms. The van der Waals surface area contributed by atoms with Gasteiger partial charge in [-0.15, -0.1) is 0 Å². The van der Waals surface area contributed by atoms with E-state index in [1.807, 2.05) is 0 Å². The van der Waals surface area contributed by atoms with Crippen molar-refractivity contribution in [3.8, 4) is 0 Å². The first-order valence-corrected chi connectivity index (χ1v) is 8.51. The highest BCUT2D eigenvalue weighted by Crippen LogP contribution is 2.32. The SMILES string of the molecule is COCCNCC(CCOCCC(C)C)C1CCCC1. The third kappa shape index (κ3) is 8.23. The van der Waals surface area contributed by atoms with Crippen LogP contribution in [0.4, 0.5) is 0 Å². The quantitative estimate of drug-likeness (QED) is 0.557. The lowest BCUT2D eigenvalue weighted by Crippen LogP contribution is -2.30. The third-order valence-corrected chi connectivity index (χ3v) is 4.43. The van der Waals surface area contributed by atoms with Gasteiger partial charge < -0.3 is 14.8 Å². The molecule has 0 aromatic heterocycles. The Morgan fingerprint density at radius 3 is 2.40 bits per heavy atom. The number of hydrogen-bond acceptors (Lipinski definition) is 3. The monoisotopic (exact) mass is 285 g/mol. The van der Waals surface area contributed by atoms with Crippen LogP contribution in [0.1, 0.15) is 52.4 Å². The minimum atomic E-state index is 0.747. The number of hydrogen-bond donors (Lipinski definition) is 1. The molecule has 1 aliphatic carbocycles. The second kappa shape index (κ2) is 11.5. The van der Waals surface area contributed by atoms with Gasteiger partial charge >= 0.3 is 0 Å². The lowest BCUT2D eigenvalue weighted by Gasteiger charge is -2.24. The first-order chi connectivity index (χ1) is 9.74. The van der Waals surface area contributed by atoms with Crippen molar-refractivity contribution in [2.75, 3.05) is 40.0 Å². The van der Waals surface area contributed by atoms with Gasteiger partial charge in [0.25, 0.3) is 0 Å². The zero-order valence-electron chi connectivity index (χ0n) is 13.8.